The maximum atomic E-state index is 5.83. The lowest BCUT2D eigenvalue weighted by Crippen LogP contribution is -2.13. The molecule has 0 aliphatic carbocycles. The summed E-state index contributed by atoms with van der Waals surface area (Å²) in [6, 6.07) is 8.24. The van der Waals surface area contributed by atoms with E-state index in [-0.39, 0.29) is 0 Å². The van der Waals surface area contributed by atoms with E-state index < -0.39 is 0 Å². The summed E-state index contributed by atoms with van der Waals surface area (Å²) in [5.74, 6) is 0.982. The molecule has 0 unspecified atom stereocenters. The van der Waals surface area contributed by atoms with Crippen molar-refractivity contribution in [3.8, 4) is 5.75 Å². The lowest BCUT2D eigenvalue weighted by atomic mass is 10.2. The van der Waals surface area contributed by atoms with Crippen molar-refractivity contribution in [2.24, 2.45) is 0 Å². The van der Waals surface area contributed by atoms with Gasteiger partial charge in [-0.15, -0.1) is 0 Å². The lowest BCUT2D eigenvalue weighted by Gasteiger charge is -2.15. The quantitative estimate of drug-likeness (QED) is 0.720. The fourth-order valence-electron chi connectivity index (χ4n) is 1.35. The second kappa shape index (κ2) is 6.07. The van der Waals surface area contributed by atoms with Crippen molar-refractivity contribution in [2.75, 3.05) is 0 Å². The number of alkyl halides is 1. The SMILES string of the molecule is CCC(CC)Oc1cccc(CBr)c1. The first-order valence-corrected chi connectivity index (χ1v) is 6.23. The summed E-state index contributed by atoms with van der Waals surface area (Å²) < 4.78 is 5.83. The van der Waals surface area contributed by atoms with Gasteiger partial charge in [0, 0.05) is 5.33 Å². The Bertz CT molecular complexity index is 269. The Morgan fingerprint density at radius 2 is 2.00 bits per heavy atom. The van der Waals surface area contributed by atoms with Crippen LogP contribution in [0.2, 0.25) is 0 Å². The molecule has 0 spiro atoms. The van der Waals surface area contributed by atoms with E-state index in [4.69, 9.17) is 4.74 Å². The highest BCUT2D eigenvalue weighted by Gasteiger charge is 2.04. The Kier molecular flexibility index (Phi) is 5.02. The van der Waals surface area contributed by atoms with Crippen LogP contribution in [0.4, 0.5) is 0 Å². The molecule has 1 nitrogen and oxygen atoms in total. The Morgan fingerprint density at radius 3 is 2.57 bits per heavy atom. The Labute approximate surface area is 94.6 Å². The zero-order valence-electron chi connectivity index (χ0n) is 8.79. The van der Waals surface area contributed by atoms with Crippen LogP contribution in [0.15, 0.2) is 24.3 Å². The standard InChI is InChI=1S/C12H17BrO/c1-3-11(4-2)14-12-7-5-6-10(8-12)9-13/h5-8,11H,3-4,9H2,1-2H3. The molecular weight excluding hydrogens is 240 g/mol. The highest BCUT2D eigenvalue weighted by atomic mass is 79.9. The van der Waals surface area contributed by atoms with Crippen LogP contribution in [0.25, 0.3) is 0 Å². The molecule has 0 atom stereocenters. The topological polar surface area (TPSA) is 9.23 Å². The smallest absolute Gasteiger partial charge is 0.120 e. The minimum Gasteiger partial charge on any atom is -0.490 e. The minimum absolute atomic E-state index is 0.348. The van der Waals surface area contributed by atoms with Crippen molar-refractivity contribution in [1.29, 1.82) is 0 Å². The van der Waals surface area contributed by atoms with Gasteiger partial charge < -0.3 is 4.74 Å². The first kappa shape index (κ1) is 11.6. The zero-order chi connectivity index (χ0) is 10.4. The maximum absolute atomic E-state index is 5.83. The highest BCUT2D eigenvalue weighted by Crippen LogP contribution is 2.18. The fraction of sp³-hybridized carbons (Fsp3) is 0.500. The molecule has 0 bridgehead atoms. The largest absolute Gasteiger partial charge is 0.490 e. The van der Waals surface area contributed by atoms with Gasteiger partial charge in [-0.25, -0.2) is 0 Å². The number of rotatable bonds is 5. The summed E-state index contributed by atoms with van der Waals surface area (Å²) in [6.07, 6.45) is 2.48. The summed E-state index contributed by atoms with van der Waals surface area (Å²) in [4.78, 5) is 0. The monoisotopic (exact) mass is 256 g/mol. The molecule has 0 amide bonds. The van der Waals surface area contributed by atoms with Gasteiger partial charge in [-0.3, -0.25) is 0 Å². The molecule has 0 heterocycles. The summed E-state index contributed by atoms with van der Waals surface area (Å²) in [7, 11) is 0. The third-order valence-electron chi connectivity index (χ3n) is 2.27. The zero-order valence-corrected chi connectivity index (χ0v) is 10.4. The van der Waals surface area contributed by atoms with Gasteiger partial charge in [0.2, 0.25) is 0 Å². The van der Waals surface area contributed by atoms with E-state index in [1.807, 2.05) is 12.1 Å². The Hall–Kier alpha value is -0.500. The van der Waals surface area contributed by atoms with Crippen LogP contribution in [0.3, 0.4) is 0 Å². The van der Waals surface area contributed by atoms with Crippen molar-refractivity contribution in [3.63, 3.8) is 0 Å². The van der Waals surface area contributed by atoms with E-state index in [0.29, 0.717) is 6.10 Å². The van der Waals surface area contributed by atoms with Crippen molar-refractivity contribution < 1.29 is 4.74 Å². The maximum Gasteiger partial charge on any atom is 0.120 e. The number of ether oxygens (including phenoxy) is 1. The van der Waals surface area contributed by atoms with Crippen molar-refractivity contribution in [3.05, 3.63) is 29.8 Å². The van der Waals surface area contributed by atoms with Gasteiger partial charge in [-0.2, -0.15) is 0 Å². The number of halogens is 1. The van der Waals surface area contributed by atoms with Gasteiger partial charge >= 0.3 is 0 Å². The molecule has 0 radical (unpaired) electrons. The van der Waals surface area contributed by atoms with Crippen LogP contribution < -0.4 is 4.74 Å². The molecule has 1 aromatic carbocycles. The molecule has 1 rings (SSSR count). The van der Waals surface area contributed by atoms with Crippen LogP contribution in [0, 0.1) is 0 Å². The third kappa shape index (κ3) is 3.33. The second-order valence-electron chi connectivity index (χ2n) is 3.34. The van der Waals surface area contributed by atoms with Gasteiger partial charge in [-0.1, -0.05) is 41.9 Å². The molecule has 0 aliphatic heterocycles. The molecule has 0 saturated carbocycles. The molecule has 0 saturated heterocycles. The van der Waals surface area contributed by atoms with Crippen LogP contribution in [0.1, 0.15) is 32.3 Å². The summed E-state index contributed by atoms with van der Waals surface area (Å²) >= 11 is 3.44. The van der Waals surface area contributed by atoms with Gasteiger partial charge in [0.1, 0.15) is 5.75 Å². The molecule has 14 heavy (non-hydrogen) atoms. The minimum atomic E-state index is 0.348. The van der Waals surface area contributed by atoms with Gasteiger partial charge in [0.15, 0.2) is 0 Å². The molecule has 0 aliphatic rings. The van der Waals surface area contributed by atoms with E-state index in [1.165, 1.54) is 5.56 Å². The first-order valence-electron chi connectivity index (χ1n) is 5.11. The van der Waals surface area contributed by atoms with Crippen LogP contribution in [-0.2, 0) is 5.33 Å². The molecule has 0 fully saturated rings. The van der Waals surface area contributed by atoms with E-state index in [0.717, 1.165) is 23.9 Å². The first-order chi connectivity index (χ1) is 6.80. The highest BCUT2D eigenvalue weighted by molar-refractivity contribution is 9.08. The molecular formula is C12H17BrO. The van der Waals surface area contributed by atoms with Crippen molar-refractivity contribution in [2.45, 2.75) is 38.1 Å². The average Bonchev–Trinajstić information content (AvgIpc) is 2.26. The normalized spacial score (nSPS) is 10.6. The average molecular weight is 257 g/mol. The van der Waals surface area contributed by atoms with Crippen LogP contribution in [-0.4, -0.2) is 6.10 Å². The Morgan fingerprint density at radius 1 is 1.29 bits per heavy atom. The van der Waals surface area contributed by atoms with E-state index in [2.05, 4.69) is 41.9 Å². The third-order valence-corrected chi connectivity index (χ3v) is 2.91. The summed E-state index contributed by atoms with van der Waals surface area (Å²) in [6.45, 7) is 4.31. The molecule has 78 valence electrons. The van der Waals surface area contributed by atoms with Crippen molar-refractivity contribution >= 4 is 15.9 Å². The van der Waals surface area contributed by atoms with Gasteiger partial charge in [0.25, 0.3) is 0 Å². The van der Waals surface area contributed by atoms with Crippen LogP contribution in [0.5, 0.6) is 5.75 Å². The lowest BCUT2D eigenvalue weighted by molar-refractivity contribution is 0.193. The van der Waals surface area contributed by atoms with E-state index in [1.54, 1.807) is 0 Å². The van der Waals surface area contributed by atoms with Crippen LogP contribution >= 0.6 is 15.9 Å². The second-order valence-corrected chi connectivity index (χ2v) is 3.90. The predicted molar refractivity (Wildman–Crippen MR) is 64.1 cm³/mol. The predicted octanol–water partition coefficient (Wildman–Crippen LogP) is 4.15. The molecule has 0 aromatic heterocycles. The molecule has 2 heteroatoms. The number of hydrogen-bond donors (Lipinski definition) is 0. The van der Waals surface area contributed by atoms with Gasteiger partial charge in [0.05, 0.1) is 6.10 Å². The van der Waals surface area contributed by atoms with E-state index >= 15 is 0 Å². The Balaban J connectivity index is 2.65. The van der Waals surface area contributed by atoms with Crippen molar-refractivity contribution in [1.82, 2.24) is 0 Å². The molecule has 1 aromatic rings. The summed E-state index contributed by atoms with van der Waals surface area (Å²) in [5, 5.41) is 0.882. The number of benzene rings is 1. The number of hydrogen-bond acceptors (Lipinski definition) is 1. The molecule has 0 N–H and O–H groups in total. The summed E-state index contributed by atoms with van der Waals surface area (Å²) in [5.41, 5.74) is 1.26. The van der Waals surface area contributed by atoms with Gasteiger partial charge in [-0.05, 0) is 30.5 Å². The van der Waals surface area contributed by atoms with E-state index in [9.17, 15) is 0 Å². The fourth-order valence-corrected chi connectivity index (χ4v) is 1.70.